The molecule has 1 aromatic rings. The van der Waals surface area contributed by atoms with Crippen LogP contribution in [0.2, 0.25) is 0 Å². The fourth-order valence-electron chi connectivity index (χ4n) is 2.52. The molecule has 8 heteroatoms. The average Bonchev–Trinajstić information content (AvgIpc) is 2.48. The highest BCUT2D eigenvalue weighted by atomic mass is 79.9. The number of sulfonamides is 1. The number of benzene rings is 1. The molecule has 4 nitrogen and oxygen atoms in total. The minimum Gasteiger partial charge on any atom is -0.317 e. The first-order valence-corrected chi connectivity index (χ1v) is 9.35. The van der Waals surface area contributed by atoms with Crippen LogP contribution in [0.15, 0.2) is 27.6 Å². The zero-order valence-electron chi connectivity index (χ0n) is 12.4. The van der Waals surface area contributed by atoms with Gasteiger partial charge in [-0.15, -0.1) is 12.4 Å². The van der Waals surface area contributed by atoms with Gasteiger partial charge < -0.3 is 5.32 Å². The summed E-state index contributed by atoms with van der Waals surface area (Å²) < 4.78 is 40.7. The molecular weight excluding hydrogens is 395 g/mol. The SMILES string of the molecule is CCNCC1CCN(S(=O)(=O)c2cccc(Br)c2F)CC1.Cl. The lowest BCUT2D eigenvalue weighted by atomic mass is 9.98. The Hall–Kier alpha value is -0.210. The summed E-state index contributed by atoms with van der Waals surface area (Å²) in [5.74, 6) is -0.226. The normalized spacial score (nSPS) is 17.2. The van der Waals surface area contributed by atoms with Crippen molar-refractivity contribution in [3.05, 3.63) is 28.5 Å². The van der Waals surface area contributed by atoms with Crippen LogP contribution in [0.4, 0.5) is 4.39 Å². The molecule has 1 aliphatic heterocycles. The topological polar surface area (TPSA) is 49.4 Å². The smallest absolute Gasteiger partial charge is 0.246 e. The third-order valence-electron chi connectivity index (χ3n) is 3.79. The van der Waals surface area contributed by atoms with Crippen LogP contribution in [-0.2, 0) is 10.0 Å². The first-order chi connectivity index (χ1) is 9.96. The summed E-state index contributed by atoms with van der Waals surface area (Å²) >= 11 is 3.03. The highest BCUT2D eigenvalue weighted by Gasteiger charge is 2.31. The minimum absolute atomic E-state index is 0. The number of halogens is 3. The standard InChI is InChI=1S/C14H20BrFN2O2S.ClH/c1-2-17-10-11-6-8-18(9-7-11)21(19,20)13-5-3-4-12(15)14(13)16;/h3-5,11,17H,2,6-10H2,1H3;1H. The molecule has 0 unspecified atom stereocenters. The van der Waals surface area contributed by atoms with Crippen molar-refractivity contribution in [1.29, 1.82) is 0 Å². The Morgan fingerprint density at radius 1 is 1.36 bits per heavy atom. The van der Waals surface area contributed by atoms with E-state index in [-0.39, 0.29) is 21.8 Å². The summed E-state index contributed by atoms with van der Waals surface area (Å²) in [5.41, 5.74) is 0. The maximum atomic E-state index is 14.0. The van der Waals surface area contributed by atoms with E-state index in [1.807, 2.05) is 0 Å². The van der Waals surface area contributed by atoms with Crippen molar-refractivity contribution in [2.24, 2.45) is 5.92 Å². The highest BCUT2D eigenvalue weighted by molar-refractivity contribution is 9.10. The third-order valence-corrected chi connectivity index (χ3v) is 6.32. The molecule has 0 saturated carbocycles. The molecule has 0 aromatic heterocycles. The molecule has 126 valence electrons. The summed E-state index contributed by atoms with van der Waals surface area (Å²) in [6.07, 6.45) is 1.61. The Kier molecular flexibility index (Phi) is 7.74. The molecule has 22 heavy (non-hydrogen) atoms. The van der Waals surface area contributed by atoms with Crippen LogP contribution >= 0.6 is 28.3 Å². The molecule has 0 atom stereocenters. The lowest BCUT2D eigenvalue weighted by Crippen LogP contribution is -2.41. The molecule has 1 heterocycles. The van der Waals surface area contributed by atoms with Crippen LogP contribution in [0.3, 0.4) is 0 Å². The Balaban J connectivity index is 0.00000242. The van der Waals surface area contributed by atoms with Gasteiger partial charge in [0, 0.05) is 13.1 Å². The van der Waals surface area contributed by atoms with E-state index >= 15 is 0 Å². The van der Waals surface area contributed by atoms with Crippen LogP contribution in [-0.4, -0.2) is 38.9 Å². The van der Waals surface area contributed by atoms with E-state index in [4.69, 9.17) is 0 Å². The van der Waals surface area contributed by atoms with E-state index in [1.54, 1.807) is 0 Å². The Labute approximate surface area is 146 Å². The molecule has 0 bridgehead atoms. The van der Waals surface area contributed by atoms with Crippen molar-refractivity contribution in [2.75, 3.05) is 26.2 Å². The molecule has 1 aliphatic rings. The molecule has 0 aliphatic carbocycles. The van der Waals surface area contributed by atoms with Crippen LogP contribution in [0.25, 0.3) is 0 Å². The van der Waals surface area contributed by atoms with E-state index < -0.39 is 15.8 Å². The van der Waals surface area contributed by atoms with Gasteiger partial charge in [0.25, 0.3) is 0 Å². The number of piperidine rings is 1. The maximum Gasteiger partial charge on any atom is 0.246 e. The molecule has 0 amide bonds. The first-order valence-electron chi connectivity index (χ1n) is 7.11. The van der Waals surface area contributed by atoms with Gasteiger partial charge in [-0.05, 0) is 59.9 Å². The van der Waals surface area contributed by atoms with Gasteiger partial charge in [0.15, 0.2) is 5.82 Å². The molecule has 2 rings (SSSR count). The summed E-state index contributed by atoms with van der Waals surface area (Å²) in [6, 6.07) is 4.36. The minimum atomic E-state index is -3.75. The molecule has 1 saturated heterocycles. The van der Waals surface area contributed by atoms with Crippen molar-refractivity contribution < 1.29 is 12.8 Å². The number of nitrogens with zero attached hydrogens (tertiary/aromatic N) is 1. The highest BCUT2D eigenvalue weighted by Crippen LogP contribution is 2.28. The van der Waals surface area contributed by atoms with Crippen molar-refractivity contribution in [3.63, 3.8) is 0 Å². The lowest BCUT2D eigenvalue weighted by molar-refractivity contribution is 0.268. The second-order valence-electron chi connectivity index (χ2n) is 5.21. The fourth-order valence-corrected chi connectivity index (χ4v) is 4.58. The van der Waals surface area contributed by atoms with Crippen molar-refractivity contribution in [1.82, 2.24) is 9.62 Å². The van der Waals surface area contributed by atoms with Gasteiger partial charge >= 0.3 is 0 Å². The van der Waals surface area contributed by atoms with Gasteiger partial charge in [-0.1, -0.05) is 13.0 Å². The van der Waals surface area contributed by atoms with E-state index in [0.717, 1.165) is 25.9 Å². The van der Waals surface area contributed by atoms with Crippen molar-refractivity contribution >= 4 is 38.4 Å². The Bertz CT molecular complexity index is 593. The van der Waals surface area contributed by atoms with Crippen LogP contribution < -0.4 is 5.32 Å². The number of hydrogen-bond acceptors (Lipinski definition) is 3. The molecule has 1 aromatic carbocycles. The van der Waals surface area contributed by atoms with E-state index in [0.29, 0.717) is 19.0 Å². The number of nitrogens with one attached hydrogen (secondary N) is 1. The van der Waals surface area contributed by atoms with Gasteiger partial charge in [0.05, 0.1) is 4.47 Å². The predicted octanol–water partition coefficient (Wildman–Crippen LogP) is 3.02. The summed E-state index contributed by atoms with van der Waals surface area (Å²) in [7, 11) is -3.75. The summed E-state index contributed by atoms with van der Waals surface area (Å²) in [5, 5.41) is 3.29. The zero-order chi connectivity index (χ0) is 15.5. The van der Waals surface area contributed by atoms with Gasteiger partial charge in [-0.2, -0.15) is 4.31 Å². The summed E-state index contributed by atoms with van der Waals surface area (Å²) in [4.78, 5) is -0.248. The summed E-state index contributed by atoms with van der Waals surface area (Å²) in [6.45, 7) is 4.78. The Morgan fingerprint density at radius 3 is 2.59 bits per heavy atom. The van der Waals surface area contributed by atoms with Crippen LogP contribution in [0, 0.1) is 11.7 Å². The average molecular weight is 416 g/mol. The maximum absolute atomic E-state index is 14.0. The monoisotopic (exact) mass is 414 g/mol. The molecule has 0 spiro atoms. The Morgan fingerprint density at radius 2 is 2.00 bits per heavy atom. The van der Waals surface area contributed by atoms with Crippen LogP contribution in [0.5, 0.6) is 0 Å². The van der Waals surface area contributed by atoms with Gasteiger partial charge in [0.2, 0.25) is 10.0 Å². The largest absolute Gasteiger partial charge is 0.317 e. The molecule has 0 radical (unpaired) electrons. The van der Waals surface area contributed by atoms with Gasteiger partial charge in [0.1, 0.15) is 4.90 Å². The molecular formula is C14H21BrClFN2O2S. The quantitative estimate of drug-likeness (QED) is 0.804. The number of hydrogen-bond donors (Lipinski definition) is 1. The fraction of sp³-hybridized carbons (Fsp3) is 0.571. The van der Waals surface area contributed by atoms with Crippen molar-refractivity contribution in [3.8, 4) is 0 Å². The zero-order valence-corrected chi connectivity index (χ0v) is 15.6. The van der Waals surface area contributed by atoms with Crippen molar-refractivity contribution in [2.45, 2.75) is 24.7 Å². The lowest BCUT2D eigenvalue weighted by Gasteiger charge is -2.31. The van der Waals surface area contributed by atoms with E-state index in [2.05, 4.69) is 28.2 Å². The van der Waals surface area contributed by atoms with E-state index in [9.17, 15) is 12.8 Å². The van der Waals surface area contributed by atoms with Gasteiger partial charge in [-0.25, -0.2) is 12.8 Å². The predicted molar refractivity (Wildman–Crippen MR) is 91.4 cm³/mol. The second-order valence-corrected chi connectivity index (χ2v) is 7.97. The van der Waals surface area contributed by atoms with E-state index in [1.165, 1.54) is 22.5 Å². The second kappa shape index (κ2) is 8.59. The van der Waals surface area contributed by atoms with Gasteiger partial charge in [-0.3, -0.25) is 0 Å². The molecule has 1 fully saturated rings. The third kappa shape index (κ3) is 4.41. The number of rotatable bonds is 5. The molecule has 1 N–H and O–H groups in total. The van der Waals surface area contributed by atoms with Crippen LogP contribution in [0.1, 0.15) is 19.8 Å². The first kappa shape index (κ1) is 19.8.